The van der Waals surface area contributed by atoms with Crippen molar-refractivity contribution in [1.82, 2.24) is 25.4 Å². The van der Waals surface area contributed by atoms with Gasteiger partial charge in [-0.15, -0.1) is 0 Å². The molecule has 7 heteroatoms. The third-order valence-electron chi connectivity index (χ3n) is 5.48. The molecule has 27 heavy (non-hydrogen) atoms. The van der Waals surface area contributed by atoms with Crippen LogP contribution in [0.15, 0.2) is 24.5 Å². The van der Waals surface area contributed by atoms with Crippen molar-refractivity contribution in [2.75, 3.05) is 26.3 Å². The summed E-state index contributed by atoms with van der Waals surface area (Å²) >= 11 is 0. The summed E-state index contributed by atoms with van der Waals surface area (Å²) < 4.78 is 5.46. The number of pyridine rings is 1. The van der Waals surface area contributed by atoms with Gasteiger partial charge in [-0.25, -0.2) is 0 Å². The molecule has 1 aliphatic heterocycles. The Hall–Kier alpha value is -2.25. The van der Waals surface area contributed by atoms with Crippen molar-refractivity contribution in [3.05, 3.63) is 47.0 Å². The maximum absolute atomic E-state index is 13.1. The molecule has 0 spiro atoms. The highest BCUT2D eigenvalue weighted by Gasteiger charge is 2.29. The third-order valence-corrected chi connectivity index (χ3v) is 5.48. The first-order valence-electron chi connectivity index (χ1n) is 9.87. The van der Waals surface area contributed by atoms with Gasteiger partial charge in [-0.2, -0.15) is 5.10 Å². The molecule has 1 fully saturated rings. The van der Waals surface area contributed by atoms with E-state index in [2.05, 4.69) is 25.4 Å². The first kappa shape index (κ1) is 18.1. The van der Waals surface area contributed by atoms with Gasteiger partial charge in [-0.1, -0.05) is 12.5 Å². The second-order valence-corrected chi connectivity index (χ2v) is 7.24. The van der Waals surface area contributed by atoms with Crippen LogP contribution in [-0.2, 0) is 28.9 Å². The molecule has 7 nitrogen and oxygen atoms in total. The Labute approximate surface area is 159 Å². The lowest BCUT2D eigenvalue weighted by Crippen LogP contribution is -2.45. The largest absolute Gasteiger partial charge is 0.379 e. The summed E-state index contributed by atoms with van der Waals surface area (Å²) in [6, 6.07) is 3.50. The molecule has 2 N–H and O–H groups in total. The minimum atomic E-state index is -0.347. The number of aromatic amines is 1. The molecule has 2 aromatic rings. The monoisotopic (exact) mass is 369 g/mol. The van der Waals surface area contributed by atoms with Crippen LogP contribution in [0.3, 0.4) is 0 Å². The van der Waals surface area contributed by atoms with Crippen LogP contribution in [0.25, 0.3) is 0 Å². The minimum Gasteiger partial charge on any atom is -0.379 e. The number of nitrogens with one attached hydrogen (secondary N) is 2. The molecule has 1 saturated heterocycles. The summed E-state index contributed by atoms with van der Waals surface area (Å²) in [5.41, 5.74) is 4.44. The molecule has 4 rings (SSSR count). The van der Waals surface area contributed by atoms with Crippen LogP contribution in [0.1, 0.15) is 47.8 Å². The standard InChI is InChI=1S/C20H27N5O2/c26-20(22-14-18-16-6-2-1-3-7-17(16)23-24-18)19(15-5-4-8-21-13-15)25-9-11-27-12-10-25/h4-5,8,13,19H,1-3,6-7,9-12,14H2,(H,22,26)(H,23,24)/t19-/m1/s1. The first-order valence-corrected chi connectivity index (χ1v) is 9.87. The second kappa shape index (κ2) is 8.63. The number of fused-ring (bicyclic) bond motifs is 1. The Morgan fingerprint density at radius 2 is 2.11 bits per heavy atom. The van der Waals surface area contributed by atoms with Crippen molar-refractivity contribution in [3.63, 3.8) is 0 Å². The van der Waals surface area contributed by atoms with Crippen molar-refractivity contribution in [2.24, 2.45) is 0 Å². The van der Waals surface area contributed by atoms with Crippen molar-refractivity contribution in [2.45, 2.75) is 44.7 Å². The Morgan fingerprint density at radius 1 is 1.26 bits per heavy atom. The number of aryl methyl sites for hydroxylation is 1. The van der Waals surface area contributed by atoms with E-state index < -0.39 is 0 Å². The maximum Gasteiger partial charge on any atom is 0.242 e. The van der Waals surface area contributed by atoms with Crippen molar-refractivity contribution in [1.29, 1.82) is 0 Å². The predicted octanol–water partition coefficient (Wildman–Crippen LogP) is 1.76. The van der Waals surface area contributed by atoms with Crippen LogP contribution in [0.2, 0.25) is 0 Å². The van der Waals surface area contributed by atoms with Gasteiger partial charge in [0, 0.05) is 31.2 Å². The predicted molar refractivity (Wildman–Crippen MR) is 101 cm³/mol. The van der Waals surface area contributed by atoms with Gasteiger partial charge in [-0.05, 0) is 42.9 Å². The number of nitrogens with zero attached hydrogens (tertiary/aromatic N) is 3. The Bertz CT molecular complexity index is 755. The summed E-state index contributed by atoms with van der Waals surface area (Å²) in [6.45, 7) is 3.25. The number of rotatable bonds is 5. The highest BCUT2D eigenvalue weighted by atomic mass is 16.5. The fourth-order valence-corrected chi connectivity index (χ4v) is 4.04. The number of H-pyrrole nitrogens is 1. The molecular formula is C20H27N5O2. The van der Waals surface area contributed by atoms with E-state index in [9.17, 15) is 4.79 Å². The number of ether oxygens (including phenoxy) is 1. The molecule has 2 aromatic heterocycles. The molecule has 1 atom stereocenters. The normalized spacial score (nSPS) is 19.1. The SMILES string of the molecule is O=C(NCc1n[nH]c2c1CCCCC2)[C@@H](c1cccnc1)N1CCOCC1. The van der Waals surface area contributed by atoms with Gasteiger partial charge in [-0.3, -0.25) is 19.8 Å². The van der Waals surface area contributed by atoms with Gasteiger partial charge in [0.2, 0.25) is 5.91 Å². The van der Waals surface area contributed by atoms with Gasteiger partial charge < -0.3 is 10.1 Å². The molecule has 1 amide bonds. The molecule has 3 heterocycles. The summed E-state index contributed by atoms with van der Waals surface area (Å²) in [6.07, 6.45) is 9.28. The van der Waals surface area contributed by atoms with Gasteiger partial charge in [0.1, 0.15) is 6.04 Å². The topological polar surface area (TPSA) is 83.1 Å². The third kappa shape index (κ3) is 4.20. The zero-order chi connectivity index (χ0) is 18.5. The van der Waals surface area contributed by atoms with Crippen LogP contribution >= 0.6 is 0 Å². The Balaban J connectivity index is 1.48. The quantitative estimate of drug-likeness (QED) is 0.785. The van der Waals surface area contributed by atoms with E-state index in [-0.39, 0.29) is 11.9 Å². The Morgan fingerprint density at radius 3 is 2.93 bits per heavy atom. The molecule has 0 unspecified atom stereocenters. The first-order chi connectivity index (χ1) is 13.3. The Kier molecular flexibility index (Phi) is 5.79. The number of hydrogen-bond donors (Lipinski definition) is 2. The van der Waals surface area contributed by atoms with Gasteiger partial charge >= 0.3 is 0 Å². The molecule has 0 radical (unpaired) electrons. The smallest absolute Gasteiger partial charge is 0.242 e. The van der Waals surface area contributed by atoms with Gasteiger partial charge in [0.05, 0.1) is 25.5 Å². The summed E-state index contributed by atoms with van der Waals surface area (Å²) in [7, 11) is 0. The highest BCUT2D eigenvalue weighted by Crippen LogP contribution is 2.23. The average molecular weight is 369 g/mol. The van der Waals surface area contributed by atoms with Crippen LogP contribution in [0.4, 0.5) is 0 Å². The van der Waals surface area contributed by atoms with Gasteiger partial charge in [0.15, 0.2) is 0 Å². The van der Waals surface area contributed by atoms with E-state index in [1.165, 1.54) is 30.5 Å². The summed E-state index contributed by atoms with van der Waals surface area (Å²) in [4.78, 5) is 19.5. The minimum absolute atomic E-state index is 0.00438. The van der Waals surface area contributed by atoms with Crippen LogP contribution in [0, 0.1) is 0 Å². The molecule has 0 aromatic carbocycles. The fraction of sp³-hybridized carbons (Fsp3) is 0.550. The maximum atomic E-state index is 13.1. The number of hydrogen-bond acceptors (Lipinski definition) is 5. The molecule has 1 aliphatic carbocycles. The van der Waals surface area contributed by atoms with Gasteiger partial charge in [0.25, 0.3) is 0 Å². The number of aromatic nitrogens is 3. The molecule has 144 valence electrons. The van der Waals surface area contributed by atoms with E-state index in [4.69, 9.17) is 4.74 Å². The molecule has 0 bridgehead atoms. The number of carbonyl (C=O) groups is 1. The highest BCUT2D eigenvalue weighted by molar-refractivity contribution is 5.83. The average Bonchev–Trinajstić information content (AvgIpc) is 2.94. The van der Waals surface area contributed by atoms with E-state index in [0.717, 1.165) is 37.2 Å². The lowest BCUT2D eigenvalue weighted by atomic mass is 10.1. The summed E-state index contributed by atoms with van der Waals surface area (Å²) in [5.74, 6) is -0.00438. The second-order valence-electron chi connectivity index (χ2n) is 7.24. The number of morpholine rings is 1. The fourth-order valence-electron chi connectivity index (χ4n) is 4.04. The lowest BCUT2D eigenvalue weighted by Gasteiger charge is -2.33. The van der Waals surface area contributed by atoms with Crippen LogP contribution < -0.4 is 5.32 Å². The number of carbonyl (C=O) groups excluding carboxylic acids is 1. The number of amides is 1. The molecule has 2 aliphatic rings. The summed E-state index contributed by atoms with van der Waals surface area (Å²) in [5, 5.41) is 10.8. The zero-order valence-electron chi connectivity index (χ0n) is 15.6. The molecule has 0 saturated carbocycles. The van der Waals surface area contributed by atoms with E-state index in [0.29, 0.717) is 19.8 Å². The van der Waals surface area contributed by atoms with Crippen LogP contribution in [0.5, 0.6) is 0 Å². The van der Waals surface area contributed by atoms with E-state index >= 15 is 0 Å². The zero-order valence-corrected chi connectivity index (χ0v) is 15.6. The van der Waals surface area contributed by atoms with E-state index in [1.54, 1.807) is 12.4 Å². The molecular weight excluding hydrogens is 342 g/mol. The van der Waals surface area contributed by atoms with Crippen molar-refractivity contribution in [3.8, 4) is 0 Å². The van der Waals surface area contributed by atoms with E-state index in [1.807, 2.05) is 12.1 Å². The van der Waals surface area contributed by atoms with Crippen molar-refractivity contribution >= 4 is 5.91 Å². The lowest BCUT2D eigenvalue weighted by molar-refractivity contribution is -0.128. The van der Waals surface area contributed by atoms with Crippen LogP contribution in [-0.4, -0.2) is 52.3 Å². The van der Waals surface area contributed by atoms with Crippen molar-refractivity contribution < 1.29 is 9.53 Å².